The van der Waals surface area contributed by atoms with Crippen molar-refractivity contribution in [3.63, 3.8) is 0 Å². The highest BCUT2D eigenvalue weighted by Gasteiger charge is 2.21. The third kappa shape index (κ3) is 3.44. The summed E-state index contributed by atoms with van der Waals surface area (Å²) in [5.41, 5.74) is 0.684. The summed E-state index contributed by atoms with van der Waals surface area (Å²) >= 11 is 0. The summed E-state index contributed by atoms with van der Waals surface area (Å²) in [4.78, 5) is 14.1. The molecule has 0 bridgehead atoms. The molecule has 1 amide bonds. The molecule has 1 saturated heterocycles. The van der Waals surface area contributed by atoms with Crippen molar-refractivity contribution in [2.24, 2.45) is 5.92 Å². The van der Waals surface area contributed by atoms with E-state index in [1.165, 1.54) is 0 Å². The molecule has 2 aliphatic heterocycles. The van der Waals surface area contributed by atoms with Crippen LogP contribution in [0.1, 0.15) is 12.8 Å². The van der Waals surface area contributed by atoms with E-state index in [0.717, 1.165) is 19.4 Å². The van der Waals surface area contributed by atoms with Crippen molar-refractivity contribution in [2.45, 2.75) is 12.8 Å². The van der Waals surface area contributed by atoms with E-state index in [1.54, 1.807) is 18.2 Å². The molecule has 1 aromatic carbocycles. The molecule has 1 atom stereocenters. The lowest BCUT2D eigenvalue weighted by atomic mass is 9.99. The van der Waals surface area contributed by atoms with Crippen molar-refractivity contribution < 1.29 is 18.7 Å². The van der Waals surface area contributed by atoms with Gasteiger partial charge in [0.15, 0.2) is 11.5 Å². The SMILES string of the molecule is O=C(CN1CCCC(CF)C1)Nc1ccc2c(c1)OCO2. The second kappa shape index (κ2) is 6.30. The van der Waals surface area contributed by atoms with Gasteiger partial charge in [0.2, 0.25) is 12.7 Å². The first-order valence-electron chi connectivity index (χ1n) is 7.22. The number of piperidine rings is 1. The van der Waals surface area contributed by atoms with Crippen molar-refractivity contribution >= 4 is 11.6 Å². The molecule has 0 aromatic heterocycles. The van der Waals surface area contributed by atoms with Crippen LogP contribution in [0, 0.1) is 5.92 Å². The van der Waals surface area contributed by atoms with Crippen molar-refractivity contribution in [2.75, 3.05) is 38.4 Å². The first-order valence-corrected chi connectivity index (χ1v) is 7.22. The first-order chi connectivity index (χ1) is 10.2. The molecule has 0 spiro atoms. The summed E-state index contributed by atoms with van der Waals surface area (Å²) < 4.78 is 23.2. The summed E-state index contributed by atoms with van der Waals surface area (Å²) in [5.74, 6) is 1.31. The van der Waals surface area contributed by atoms with Crippen molar-refractivity contribution in [1.29, 1.82) is 0 Å². The molecule has 0 saturated carbocycles. The standard InChI is InChI=1S/C15H19FN2O3/c16-7-11-2-1-5-18(8-11)9-15(19)17-12-3-4-13-14(6-12)21-10-20-13/h3-4,6,11H,1-2,5,7-10H2,(H,17,19). The molecule has 6 heteroatoms. The Morgan fingerprint density at radius 2 is 2.24 bits per heavy atom. The van der Waals surface area contributed by atoms with E-state index < -0.39 is 0 Å². The van der Waals surface area contributed by atoms with Gasteiger partial charge >= 0.3 is 0 Å². The molecule has 1 unspecified atom stereocenters. The Morgan fingerprint density at radius 3 is 3.10 bits per heavy atom. The molecular weight excluding hydrogens is 275 g/mol. The smallest absolute Gasteiger partial charge is 0.238 e. The highest BCUT2D eigenvalue weighted by Crippen LogP contribution is 2.34. The van der Waals surface area contributed by atoms with Gasteiger partial charge < -0.3 is 14.8 Å². The maximum Gasteiger partial charge on any atom is 0.238 e. The van der Waals surface area contributed by atoms with Crippen LogP contribution in [0.5, 0.6) is 11.5 Å². The normalized spacial score (nSPS) is 21.3. The fraction of sp³-hybridized carbons (Fsp3) is 0.533. The van der Waals surface area contributed by atoms with Crippen LogP contribution in [0.4, 0.5) is 10.1 Å². The lowest BCUT2D eigenvalue weighted by Crippen LogP contribution is -2.41. The molecule has 3 rings (SSSR count). The summed E-state index contributed by atoms with van der Waals surface area (Å²) in [7, 11) is 0. The van der Waals surface area contributed by atoms with E-state index in [4.69, 9.17) is 9.47 Å². The third-order valence-corrected chi connectivity index (χ3v) is 3.84. The Labute approximate surface area is 123 Å². The lowest BCUT2D eigenvalue weighted by Gasteiger charge is -2.30. The third-order valence-electron chi connectivity index (χ3n) is 3.84. The fourth-order valence-corrected chi connectivity index (χ4v) is 2.80. The van der Waals surface area contributed by atoms with Gasteiger partial charge in [0.25, 0.3) is 0 Å². The predicted octanol–water partition coefficient (Wildman–Crippen LogP) is 2.04. The molecule has 1 fully saturated rings. The number of fused-ring (bicyclic) bond motifs is 1. The number of carbonyl (C=O) groups is 1. The Bertz CT molecular complexity index is 524. The van der Waals surface area contributed by atoms with E-state index in [1.807, 2.05) is 4.90 Å². The van der Waals surface area contributed by atoms with Gasteiger partial charge in [-0.3, -0.25) is 14.1 Å². The van der Waals surface area contributed by atoms with Gasteiger partial charge in [0.1, 0.15) is 0 Å². The topological polar surface area (TPSA) is 50.8 Å². The Hall–Kier alpha value is -1.82. The van der Waals surface area contributed by atoms with Crippen LogP contribution in [0.2, 0.25) is 0 Å². The summed E-state index contributed by atoms with van der Waals surface area (Å²) in [6, 6.07) is 5.31. The molecule has 5 nitrogen and oxygen atoms in total. The minimum Gasteiger partial charge on any atom is -0.454 e. The quantitative estimate of drug-likeness (QED) is 0.923. The van der Waals surface area contributed by atoms with Crippen LogP contribution < -0.4 is 14.8 Å². The van der Waals surface area contributed by atoms with Crippen LogP contribution in [-0.2, 0) is 4.79 Å². The zero-order valence-corrected chi connectivity index (χ0v) is 11.8. The maximum atomic E-state index is 12.7. The van der Waals surface area contributed by atoms with Crippen molar-refractivity contribution in [3.05, 3.63) is 18.2 Å². The van der Waals surface area contributed by atoms with Crippen molar-refractivity contribution in [1.82, 2.24) is 4.90 Å². The zero-order valence-electron chi connectivity index (χ0n) is 11.8. The van der Waals surface area contributed by atoms with Gasteiger partial charge in [0, 0.05) is 24.2 Å². The summed E-state index contributed by atoms with van der Waals surface area (Å²) in [6.45, 7) is 1.71. The highest BCUT2D eigenvalue weighted by atomic mass is 19.1. The number of benzene rings is 1. The average molecular weight is 294 g/mol. The largest absolute Gasteiger partial charge is 0.454 e. The van der Waals surface area contributed by atoms with Gasteiger partial charge in [-0.1, -0.05) is 0 Å². The van der Waals surface area contributed by atoms with E-state index in [9.17, 15) is 9.18 Å². The predicted molar refractivity (Wildman–Crippen MR) is 76.3 cm³/mol. The maximum absolute atomic E-state index is 12.7. The summed E-state index contributed by atoms with van der Waals surface area (Å²) in [5, 5.41) is 2.84. The van der Waals surface area contributed by atoms with Crippen LogP contribution >= 0.6 is 0 Å². The molecule has 2 heterocycles. The number of rotatable bonds is 4. The molecule has 0 aliphatic carbocycles. The first kappa shape index (κ1) is 14.1. The molecule has 114 valence electrons. The molecule has 1 aromatic rings. The number of amides is 1. The number of hydrogen-bond acceptors (Lipinski definition) is 4. The second-order valence-corrected chi connectivity index (χ2v) is 5.51. The van der Waals surface area contributed by atoms with Crippen LogP contribution in [-0.4, -0.2) is 43.9 Å². The molecular formula is C15H19FN2O3. The van der Waals surface area contributed by atoms with Gasteiger partial charge in [-0.05, 0) is 31.5 Å². The number of nitrogens with zero attached hydrogens (tertiary/aromatic N) is 1. The van der Waals surface area contributed by atoms with E-state index >= 15 is 0 Å². The molecule has 2 aliphatic rings. The van der Waals surface area contributed by atoms with E-state index in [2.05, 4.69) is 5.32 Å². The number of likely N-dealkylation sites (tertiary alicyclic amines) is 1. The van der Waals surface area contributed by atoms with Crippen LogP contribution in [0.15, 0.2) is 18.2 Å². The number of anilines is 1. The Morgan fingerprint density at radius 1 is 1.38 bits per heavy atom. The van der Waals surface area contributed by atoms with Crippen LogP contribution in [0.25, 0.3) is 0 Å². The number of halogens is 1. The minimum atomic E-state index is -0.305. The molecule has 1 N–H and O–H groups in total. The van der Waals surface area contributed by atoms with E-state index in [0.29, 0.717) is 30.3 Å². The number of carbonyl (C=O) groups excluding carboxylic acids is 1. The van der Waals surface area contributed by atoms with Crippen LogP contribution in [0.3, 0.4) is 0 Å². The summed E-state index contributed by atoms with van der Waals surface area (Å²) in [6.07, 6.45) is 1.86. The molecule has 21 heavy (non-hydrogen) atoms. The number of ether oxygens (including phenoxy) is 2. The Kier molecular flexibility index (Phi) is 4.24. The van der Waals surface area contributed by atoms with E-state index in [-0.39, 0.29) is 25.3 Å². The van der Waals surface area contributed by atoms with Gasteiger partial charge in [-0.15, -0.1) is 0 Å². The minimum absolute atomic E-state index is 0.0668. The zero-order chi connectivity index (χ0) is 14.7. The van der Waals surface area contributed by atoms with Gasteiger partial charge in [0.05, 0.1) is 13.2 Å². The fourth-order valence-electron chi connectivity index (χ4n) is 2.80. The second-order valence-electron chi connectivity index (χ2n) is 5.51. The monoisotopic (exact) mass is 294 g/mol. The number of hydrogen-bond donors (Lipinski definition) is 1. The lowest BCUT2D eigenvalue weighted by molar-refractivity contribution is -0.117. The highest BCUT2D eigenvalue weighted by molar-refractivity contribution is 5.92. The Balaban J connectivity index is 1.54. The molecule has 0 radical (unpaired) electrons. The number of alkyl halides is 1. The van der Waals surface area contributed by atoms with Gasteiger partial charge in [-0.2, -0.15) is 0 Å². The van der Waals surface area contributed by atoms with Gasteiger partial charge in [-0.25, -0.2) is 0 Å². The number of nitrogens with one attached hydrogen (secondary N) is 1. The average Bonchev–Trinajstić information content (AvgIpc) is 2.95. The van der Waals surface area contributed by atoms with Crippen molar-refractivity contribution in [3.8, 4) is 11.5 Å².